The molecule has 0 unspecified atom stereocenters. The van der Waals surface area contributed by atoms with Gasteiger partial charge in [0.15, 0.2) is 0 Å². The number of carbonyl (C=O) groups excluding carboxylic acids is 1. The van der Waals surface area contributed by atoms with Crippen molar-refractivity contribution in [3.8, 4) is 0 Å². The summed E-state index contributed by atoms with van der Waals surface area (Å²) in [5.74, 6) is 0.221. The number of aryl methyl sites for hydroxylation is 1. The zero-order valence-corrected chi connectivity index (χ0v) is 16.1. The van der Waals surface area contributed by atoms with E-state index in [1.54, 1.807) is 0 Å². The summed E-state index contributed by atoms with van der Waals surface area (Å²) in [6.07, 6.45) is 3.05. The van der Waals surface area contributed by atoms with Crippen LogP contribution in [0.15, 0.2) is 60.9 Å². The van der Waals surface area contributed by atoms with Crippen molar-refractivity contribution in [3.05, 3.63) is 77.6 Å². The third-order valence-corrected chi connectivity index (χ3v) is 4.21. The molecule has 138 valence electrons. The molecule has 0 bridgehead atoms. The SMILES string of the molecule is Cc1ccc(NC(=O)c2cnc(Nc3ccccc3C(C)(C)C)nc2)cc1. The molecular formula is C22H24N4O. The lowest BCUT2D eigenvalue weighted by molar-refractivity contribution is 0.102. The molecule has 0 aliphatic heterocycles. The molecule has 0 fully saturated rings. The first-order valence-electron chi connectivity index (χ1n) is 8.89. The predicted octanol–water partition coefficient (Wildman–Crippen LogP) is 5.08. The summed E-state index contributed by atoms with van der Waals surface area (Å²) in [5.41, 5.74) is 4.42. The maximum Gasteiger partial charge on any atom is 0.258 e. The van der Waals surface area contributed by atoms with E-state index in [2.05, 4.69) is 47.4 Å². The molecule has 5 heteroatoms. The average Bonchev–Trinajstić information content (AvgIpc) is 2.64. The molecule has 0 radical (unpaired) electrons. The Hall–Kier alpha value is -3.21. The Morgan fingerprint density at radius 1 is 0.926 bits per heavy atom. The molecule has 27 heavy (non-hydrogen) atoms. The van der Waals surface area contributed by atoms with Crippen molar-refractivity contribution < 1.29 is 4.79 Å². The molecule has 5 nitrogen and oxygen atoms in total. The van der Waals surface area contributed by atoms with Crippen LogP contribution in [0, 0.1) is 6.92 Å². The zero-order valence-electron chi connectivity index (χ0n) is 16.1. The van der Waals surface area contributed by atoms with Crippen LogP contribution < -0.4 is 10.6 Å². The lowest BCUT2D eigenvalue weighted by Crippen LogP contribution is -2.15. The van der Waals surface area contributed by atoms with Crippen molar-refractivity contribution >= 4 is 23.2 Å². The highest BCUT2D eigenvalue weighted by molar-refractivity contribution is 6.03. The lowest BCUT2D eigenvalue weighted by Gasteiger charge is -2.22. The number of para-hydroxylation sites is 1. The number of hydrogen-bond donors (Lipinski definition) is 2. The normalized spacial score (nSPS) is 11.1. The Balaban J connectivity index is 1.72. The van der Waals surface area contributed by atoms with E-state index in [9.17, 15) is 4.79 Å². The number of rotatable bonds is 4. The van der Waals surface area contributed by atoms with Crippen LogP contribution in [-0.2, 0) is 5.41 Å². The maximum atomic E-state index is 12.3. The van der Waals surface area contributed by atoms with Crippen LogP contribution in [0.5, 0.6) is 0 Å². The van der Waals surface area contributed by atoms with Crippen molar-refractivity contribution in [2.24, 2.45) is 0 Å². The first-order chi connectivity index (χ1) is 12.8. The van der Waals surface area contributed by atoms with Gasteiger partial charge in [-0.2, -0.15) is 0 Å². The number of carbonyl (C=O) groups is 1. The molecule has 0 atom stereocenters. The van der Waals surface area contributed by atoms with Crippen LogP contribution in [0.1, 0.15) is 42.3 Å². The van der Waals surface area contributed by atoms with E-state index < -0.39 is 0 Å². The van der Waals surface area contributed by atoms with E-state index in [0.717, 1.165) is 16.9 Å². The fraction of sp³-hybridized carbons (Fsp3) is 0.227. The fourth-order valence-corrected chi connectivity index (χ4v) is 2.72. The molecule has 0 aliphatic rings. The predicted molar refractivity (Wildman–Crippen MR) is 110 cm³/mol. The number of nitrogens with zero attached hydrogens (tertiary/aromatic N) is 2. The van der Waals surface area contributed by atoms with Gasteiger partial charge in [0.05, 0.1) is 5.56 Å². The highest BCUT2D eigenvalue weighted by atomic mass is 16.1. The van der Waals surface area contributed by atoms with Gasteiger partial charge in [-0.3, -0.25) is 4.79 Å². The molecule has 0 spiro atoms. The minimum absolute atomic E-state index is 0.00252. The Labute approximate surface area is 159 Å². The van der Waals surface area contributed by atoms with Gasteiger partial charge < -0.3 is 10.6 Å². The minimum Gasteiger partial charge on any atom is -0.324 e. The average molecular weight is 360 g/mol. The number of amides is 1. The van der Waals surface area contributed by atoms with Gasteiger partial charge in [0, 0.05) is 23.8 Å². The summed E-state index contributed by atoms with van der Waals surface area (Å²) in [6.45, 7) is 8.48. The summed E-state index contributed by atoms with van der Waals surface area (Å²) in [6, 6.07) is 15.7. The van der Waals surface area contributed by atoms with Crippen LogP contribution in [0.4, 0.5) is 17.3 Å². The van der Waals surface area contributed by atoms with Crippen LogP contribution in [0.2, 0.25) is 0 Å². The van der Waals surface area contributed by atoms with Crippen molar-refractivity contribution in [1.82, 2.24) is 9.97 Å². The molecule has 3 aromatic rings. The monoisotopic (exact) mass is 360 g/mol. The highest BCUT2D eigenvalue weighted by Crippen LogP contribution is 2.30. The second kappa shape index (κ2) is 7.58. The van der Waals surface area contributed by atoms with Crippen LogP contribution in [-0.4, -0.2) is 15.9 Å². The molecule has 1 amide bonds. The minimum atomic E-state index is -0.236. The Kier molecular flexibility index (Phi) is 5.21. The maximum absolute atomic E-state index is 12.3. The van der Waals surface area contributed by atoms with E-state index in [1.807, 2.05) is 49.4 Å². The largest absolute Gasteiger partial charge is 0.324 e. The Bertz CT molecular complexity index is 926. The lowest BCUT2D eigenvalue weighted by atomic mass is 9.86. The standard InChI is InChI=1S/C22H24N4O/c1-15-9-11-17(12-10-15)25-20(27)16-13-23-21(24-14-16)26-19-8-6-5-7-18(19)22(2,3)4/h5-14H,1-4H3,(H,25,27)(H,23,24,26). The van der Waals surface area contributed by atoms with Gasteiger partial charge in [0.1, 0.15) is 0 Å². The summed E-state index contributed by atoms with van der Waals surface area (Å²) < 4.78 is 0. The first-order valence-corrected chi connectivity index (χ1v) is 8.89. The molecule has 1 aromatic heterocycles. The van der Waals surface area contributed by atoms with E-state index in [0.29, 0.717) is 11.5 Å². The Morgan fingerprint density at radius 2 is 1.56 bits per heavy atom. The van der Waals surface area contributed by atoms with Gasteiger partial charge in [0.2, 0.25) is 5.95 Å². The van der Waals surface area contributed by atoms with Gasteiger partial charge in [-0.25, -0.2) is 9.97 Å². The molecule has 3 rings (SSSR count). The van der Waals surface area contributed by atoms with Crippen molar-refractivity contribution in [3.63, 3.8) is 0 Å². The van der Waals surface area contributed by atoms with Crippen LogP contribution in [0.3, 0.4) is 0 Å². The highest BCUT2D eigenvalue weighted by Gasteiger charge is 2.18. The van der Waals surface area contributed by atoms with E-state index in [-0.39, 0.29) is 11.3 Å². The van der Waals surface area contributed by atoms with E-state index in [4.69, 9.17) is 0 Å². The van der Waals surface area contributed by atoms with Crippen LogP contribution >= 0.6 is 0 Å². The fourth-order valence-electron chi connectivity index (χ4n) is 2.72. The van der Waals surface area contributed by atoms with Crippen molar-refractivity contribution in [2.45, 2.75) is 33.1 Å². The number of benzene rings is 2. The van der Waals surface area contributed by atoms with Crippen molar-refractivity contribution in [1.29, 1.82) is 0 Å². The quantitative estimate of drug-likeness (QED) is 0.681. The summed E-state index contributed by atoms with van der Waals surface area (Å²) in [7, 11) is 0. The number of nitrogens with one attached hydrogen (secondary N) is 2. The number of anilines is 3. The first kappa shape index (κ1) is 18.6. The molecular weight excluding hydrogens is 336 g/mol. The van der Waals surface area contributed by atoms with Gasteiger partial charge >= 0.3 is 0 Å². The van der Waals surface area contributed by atoms with E-state index in [1.165, 1.54) is 18.0 Å². The summed E-state index contributed by atoms with van der Waals surface area (Å²) in [4.78, 5) is 20.9. The van der Waals surface area contributed by atoms with Gasteiger partial charge in [0.25, 0.3) is 5.91 Å². The third kappa shape index (κ3) is 4.70. The van der Waals surface area contributed by atoms with Crippen molar-refractivity contribution in [2.75, 3.05) is 10.6 Å². The molecule has 0 aliphatic carbocycles. The van der Waals surface area contributed by atoms with Gasteiger partial charge in [-0.05, 0) is 36.1 Å². The zero-order chi connectivity index (χ0) is 19.4. The second-order valence-electron chi connectivity index (χ2n) is 7.54. The molecule has 2 N–H and O–H groups in total. The van der Waals surface area contributed by atoms with Gasteiger partial charge in [-0.1, -0.05) is 56.7 Å². The summed E-state index contributed by atoms with van der Waals surface area (Å²) >= 11 is 0. The molecule has 0 saturated heterocycles. The van der Waals surface area contributed by atoms with Gasteiger partial charge in [-0.15, -0.1) is 0 Å². The van der Waals surface area contributed by atoms with E-state index >= 15 is 0 Å². The topological polar surface area (TPSA) is 66.9 Å². The second-order valence-corrected chi connectivity index (χ2v) is 7.54. The number of aromatic nitrogens is 2. The molecule has 0 saturated carbocycles. The Morgan fingerprint density at radius 3 is 2.19 bits per heavy atom. The molecule has 1 heterocycles. The molecule has 2 aromatic carbocycles. The summed E-state index contributed by atoms with van der Waals surface area (Å²) in [5, 5.41) is 6.09. The van der Waals surface area contributed by atoms with Crippen LogP contribution in [0.25, 0.3) is 0 Å². The number of hydrogen-bond acceptors (Lipinski definition) is 4. The third-order valence-electron chi connectivity index (χ3n) is 4.21. The smallest absolute Gasteiger partial charge is 0.258 e.